The maximum Gasteiger partial charge on any atom is 0.324 e. The Kier molecular flexibility index (Phi) is 8.41. The van der Waals surface area contributed by atoms with E-state index in [9.17, 15) is 9.59 Å². The molecule has 7 nitrogen and oxygen atoms in total. The Labute approximate surface area is 278 Å². The normalized spacial score (nSPS) is 22.1. The lowest BCUT2D eigenvalue weighted by Gasteiger charge is -2.41. The molecule has 7 rings (SSSR count). The van der Waals surface area contributed by atoms with E-state index in [-0.39, 0.29) is 17.4 Å². The molecule has 0 radical (unpaired) electrons. The summed E-state index contributed by atoms with van der Waals surface area (Å²) in [6.07, 6.45) is 8.17. The number of hydrogen-bond donors (Lipinski definition) is 2. The molecule has 2 saturated heterocycles. The highest BCUT2D eigenvalue weighted by Crippen LogP contribution is 2.42. The molecular weight excluding hydrogens is 582 g/mol. The van der Waals surface area contributed by atoms with Crippen molar-refractivity contribution < 1.29 is 9.59 Å². The molecule has 2 N–H and O–H groups in total. The number of carbonyl (C=O) groups excluding carboxylic acids is 2. The predicted octanol–water partition coefficient (Wildman–Crippen LogP) is 8.24. The summed E-state index contributed by atoms with van der Waals surface area (Å²) in [6, 6.07) is 27.3. The van der Waals surface area contributed by atoms with Crippen LogP contribution in [0.3, 0.4) is 0 Å². The van der Waals surface area contributed by atoms with Gasteiger partial charge in [-0.25, -0.2) is 9.48 Å². The first-order valence-electron chi connectivity index (χ1n) is 17.3. The van der Waals surface area contributed by atoms with E-state index >= 15 is 0 Å². The van der Waals surface area contributed by atoms with Gasteiger partial charge in [-0.3, -0.25) is 10.1 Å². The molecule has 47 heavy (non-hydrogen) atoms. The molecule has 0 saturated carbocycles. The number of amides is 3. The van der Waals surface area contributed by atoms with Gasteiger partial charge in [-0.15, -0.1) is 0 Å². The molecule has 7 heteroatoms. The van der Waals surface area contributed by atoms with E-state index in [1.54, 1.807) is 4.68 Å². The van der Waals surface area contributed by atoms with Crippen LogP contribution in [0, 0.1) is 18.8 Å². The van der Waals surface area contributed by atoms with Gasteiger partial charge >= 0.3 is 6.03 Å². The molecule has 3 aromatic carbocycles. The largest absolute Gasteiger partial charge is 0.336 e. The number of nitrogens with one attached hydrogen (secondary N) is 2. The number of hydrogen-bond acceptors (Lipinski definition) is 3. The van der Waals surface area contributed by atoms with Crippen LogP contribution in [0.15, 0.2) is 78.9 Å². The SMILES string of the molecule is Cc1ccc(-n2nc(C(C)(C)C)cc2NC(=O)Nc2cccc(CC3CC4CCC(C3)N4C(=O)C3CCc4ccccc4C3)c2)cc1. The maximum absolute atomic E-state index is 13.8. The number of anilines is 2. The van der Waals surface area contributed by atoms with E-state index < -0.39 is 0 Å². The van der Waals surface area contributed by atoms with Crippen LogP contribution in [-0.2, 0) is 29.5 Å². The number of nitrogens with zero attached hydrogens (tertiary/aromatic N) is 3. The Morgan fingerprint density at radius 3 is 2.30 bits per heavy atom. The smallest absolute Gasteiger partial charge is 0.324 e. The fourth-order valence-electron chi connectivity index (χ4n) is 8.04. The monoisotopic (exact) mass is 629 g/mol. The standard InChI is InChI=1S/C40H47N5O2/c1-26-12-16-33(17-13-26)45-37(25-36(43-45)40(2,3)4)42-39(47)41-32-11-7-8-27(21-32)20-28-22-34-18-19-35(23-28)44(34)38(46)31-15-14-29-9-5-6-10-30(29)24-31/h5-13,16-17,21,25,28,31,34-35H,14-15,18-20,22-24H2,1-4H3,(H2,41,42,47). The van der Waals surface area contributed by atoms with Crippen molar-refractivity contribution in [1.82, 2.24) is 14.7 Å². The van der Waals surface area contributed by atoms with Gasteiger partial charge in [0.2, 0.25) is 5.91 Å². The second-order valence-electron chi connectivity index (χ2n) is 15.1. The number of carbonyl (C=O) groups is 2. The highest BCUT2D eigenvalue weighted by molar-refractivity contribution is 5.99. The Bertz CT molecular complexity index is 1750. The van der Waals surface area contributed by atoms with Gasteiger partial charge in [-0.2, -0.15) is 5.10 Å². The minimum absolute atomic E-state index is 0.119. The second kappa shape index (κ2) is 12.7. The number of urea groups is 1. The van der Waals surface area contributed by atoms with Crippen LogP contribution in [0.1, 0.15) is 80.8 Å². The first-order valence-corrected chi connectivity index (χ1v) is 17.3. The first kappa shape index (κ1) is 31.2. The van der Waals surface area contributed by atoms with Crippen molar-refractivity contribution in [2.75, 3.05) is 10.6 Å². The Balaban J connectivity index is 0.982. The topological polar surface area (TPSA) is 79.3 Å². The van der Waals surface area contributed by atoms with E-state index in [1.807, 2.05) is 42.5 Å². The van der Waals surface area contributed by atoms with Crippen molar-refractivity contribution in [1.29, 1.82) is 0 Å². The molecule has 2 aliphatic heterocycles. The highest BCUT2D eigenvalue weighted by Gasteiger charge is 2.45. The van der Waals surface area contributed by atoms with Crippen LogP contribution in [0.5, 0.6) is 0 Å². The van der Waals surface area contributed by atoms with Gasteiger partial charge < -0.3 is 10.2 Å². The van der Waals surface area contributed by atoms with E-state index in [0.717, 1.165) is 68.4 Å². The molecule has 4 aromatic rings. The molecule has 0 spiro atoms. The van der Waals surface area contributed by atoms with Gasteiger partial charge in [0, 0.05) is 35.2 Å². The van der Waals surface area contributed by atoms with Crippen LogP contribution in [0.2, 0.25) is 0 Å². The van der Waals surface area contributed by atoms with E-state index in [2.05, 4.69) is 79.6 Å². The molecule has 3 unspecified atom stereocenters. The lowest BCUT2D eigenvalue weighted by molar-refractivity contribution is -0.141. The zero-order valence-electron chi connectivity index (χ0n) is 28.1. The zero-order valence-corrected chi connectivity index (χ0v) is 28.1. The molecular formula is C40H47N5O2. The van der Waals surface area contributed by atoms with Crippen molar-refractivity contribution in [3.63, 3.8) is 0 Å². The van der Waals surface area contributed by atoms with E-state index in [0.29, 0.717) is 29.7 Å². The van der Waals surface area contributed by atoms with Crippen molar-refractivity contribution in [3.05, 3.63) is 107 Å². The number of aryl methyl sites for hydroxylation is 2. The van der Waals surface area contributed by atoms with Crippen molar-refractivity contribution in [3.8, 4) is 5.69 Å². The first-order chi connectivity index (χ1) is 22.6. The Hall–Kier alpha value is -4.39. The maximum atomic E-state index is 13.8. The van der Waals surface area contributed by atoms with E-state index in [1.165, 1.54) is 22.3 Å². The quantitative estimate of drug-likeness (QED) is 0.226. The highest BCUT2D eigenvalue weighted by atomic mass is 16.2. The number of piperidine rings is 1. The summed E-state index contributed by atoms with van der Waals surface area (Å²) in [5, 5.41) is 10.9. The Morgan fingerprint density at radius 1 is 0.851 bits per heavy atom. The van der Waals surface area contributed by atoms with Gasteiger partial charge in [0.1, 0.15) is 5.82 Å². The average molecular weight is 630 g/mol. The van der Waals surface area contributed by atoms with Crippen LogP contribution in [-0.4, -0.2) is 38.7 Å². The molecule has 3 aliphatic rings. The molecule has 1 aliphatic carbocycles. The lowest BCUT2D eigenvalue weighted by Crippen LogP contribution is -2.50. The number of fused-ring (bicyclic) bond motifs is 3. The third kappa shape index (κ3) is 6.71. The van der Waals surface area contributed by atoms with E-state index in [4.69, 9.17) is 5.10 Å². The average Bonchev–Trinajstić information content (AvgIpc) is 3.59. The number of rotatable bonds is 6. The van der Waals surface area contributed by atoms with Crippen LogP contribution < -0.4 is 10.6 Å². The summed E-state index contributed by atoms with van der Waals surface area (Å²) < 4.78 is 1.80. The zero-order chi connectivity index (χ0) is 32.7. The summed E-state index contributed by atoms with van der Waals surface area (Å²) in [7, 11) is 0. The molecule has 1 aromatic heterocycles. The number of benzene rings is 3. The lowest BCUT2D eigenvalue weighted by atomic mass is 9.81. The summed E-state index contributed by atoms with van der Waals surface area (Å²) >= 11 is 0. The van der Waals surface area contributed by atoms with Gasteiger partial charge in [0.25, 0.3) is 0 Å². The van der Waals surface area contributed by atoms with Gasteiger partial charge in [-0.1, -0.05) is 74.9 Å². The minimum atomic E-state index is -0.300. The van der Waals surface area contributed by atoms with Gasteiger partial charge in [-0.05, 0) is 105 Å². The number of aromatic nitrogens is 2. The molecule has 3 amide bonds. The second-order valence-corrected chi connectivity index (χ2v) is 15.1. The molecule has 3 atom stereocenters. The van der Waals surface area contributed by atoms with Crippen molar-refractivity contribution >= 4 is 23.4 Å². The summed E-state index contributed by atoms with van der Waals surface area (Å²) in [5.41, 5.74) is 7.56. The van der Waals surface area contributed by atoms with Gasteiger partial charge in [0.15, 0.2) is 0 Å². The molecule has 2 fully saturated rings. The van der Waals surface area contributed by atoms with Gasteiger partial charge in [0.05, 0.1) is 11.4 Å². The third-order valence-corrected chi connectivity index (χ3v) is 10.5. The fourth-order valence-corrected chi connectivity index (χ4v) is 8.04. The predicted molar refractivity (Wildman–Crippen MR) is 188 cm³/mol. The summed E-state index contributed by atoms with van der Waals surface area (Å²) in [6.45, 7) is 8.41. The molecule has 244 valence electrons. The third-order valence-electron chi connectivity index (χ3n) is 10.5. The summed E-state index contributed by atoms with van der Waals surface area (Å²) in [5.74, 6) is 1.67. The van der Waals surface area contributed by atoms with Crippen LogP contribution >= 0.6 is 0 Å². The molecule has 3 heterocycles. The minimum Gasteiger partial charge on any atom is -0.336 e. The van der Waals surface area contributed by atoms with Crippen molar-refractivity contribution in [2.45, 2.75) is 96.6 Å². The fraction of sp³-hybridized carbons (Fsp3) is 0.425. The Morgan fingerprint density at radius 2 is 1.57 bits per heavy atom. The molecule has 2 bridgehead atoms. The summed E-state index contributed by atoms with van der Waals surface area (Å²) in [4.78, 5) is 29.4. The van der Waals surface area contributed by atoms with Crippen LogP contribution in [0.4, 0.5) is 16.3 Å². The van der Waals surface area contributed by atoms with Crippen molar-refractivity contribution in [2.24, 2.45) is 11.8 Å². The van der Waals surface area contributed by atoms with Crippen LogP contribution in [0.25, 0.3) is 5.69 Å².